The van der Waals surface area contributed by atoms with Gasteiger partial charge in [-0.2, -0.15) is 0 Å². The molecule has 0 aromatic carbocycles. The van der Waals surface area contributed by atoms with E-state index in [9.17, 15) is 9.59 Å². The van der Waals surface area contributed by atoms with Crippen LogP contribution >= 0.6 is 11.8 Å². The van der Waals surface area contributed by atoms with E-state index in [1.54, 1.807) is 18.3 Å². The number of aromatic nitrogens is 2. The van der Waals surface area contributed by atoms with Crippen molar-refractivity contribution in [2.75, 3.05) is 32.1 Å². The lowest BCUT2D eigenvalue weighted by atomic mass is 10.1. The van der Waals surface area contributed by atoms with E-state index in [1.165, 1.54) is 6.42 Å². The third-order valence-electron chi connectivity index (χ3n) is 4.21. The molecule has 6 nitrogen and oxygen atoms in total. The van der Waals surface area contributed by atoms with Crippen LogP contribution in [0, 0.1) is 0 Å². The number of ketones is 1. The highest BCUT2D eigenvalue weighted by atomic mass is 32.2. The molecule has 3 rings (SSSR count). The molecule has 1 aromatic heterocycles. The molecule has 0 aliphatic carbocycles. The summed E-state index contributed by atoms with van der Waals surface area (Å²) in [7, 11) is 4.14. The third-order valence-corrected chi connectivity index (χ3v) is 5.15. The summed E-state index contributed by atoms with van der Waals surface area (Å²) in [6.07, 6.45) is 5.66. The summed E-state index contributed by atoms with van der Waals surface area (Å²) in [6.45, 7) is 2.12. The zero-order valence-electron chi connectivity index (χ0n) is 13.4. The van der Waals surface area contributed by atoms with Crippen molar-refractivity contribution in [1.29, 1.82) is 0 Å². The maximum atomic E-state index is 11.7. The number of hydrogen-bond donors (Lipinski definition) is 0. The molecule has 0 bridgehead atoms. The van der Waals surface area contributed by atoms with E-state index in [-0.39, 0.29) is 17.3 Å². The van der Waals surface area contributed by atoms with Gasteiger partial charge in [0, 0.05) is 25.8 Å². The fraction of sp³-hybridized carbons (Fsp3) is 0.500. The van der Waals surface area contributed by atoms with Gasteiger partial charge in [0.05, 0.1) is 17.0 Å². The summed E-state index contributed by atoms with van der Waals surface area (Å²) in [5.74, 6) is 0.531. The lowest BCUT2D eigenvalue weighted by molar-refractivity contribution is -0.119. The number of allylic oxidation sites excluding steroid dienone is 1. The van der Waals surface area contributed by atoms with Crippen LogP contribution in [0.25, 0.3) is 6.08 Å². The van der Waals surface area contributed by atoms with E-state index in [4.69, 9.17) is 0 Å². The van der Waals surface area contributed by atoms with Crippen molar-refractivity contribution in [2.45, 2.75) is 25.3 Å². The molecule has 0 amide bonds. The van der Waals surface area contributed by atoms with Gasteiger partial charge in [0.1, 0.15) is 0 Å². The van der Waals surface area contributed by atoms with E-state index in [0.29, 0.717) is 22.6 Å². The molecule has 7 heteroatoms. The van der Waals surface area contributed by atoms with Crippen LogP contribution < -0.4 is 4.90 Å². The second kappa shape index (κ2) is 6.80. The van der Waals surface area contributed by atoms with Crippen LogP contribution in [0.4, 0.5) is 5.95 Å². The summed E-state index contributed by atoms with van der Waals surface area (Å²) in [4.78, 5) is 36.8. The smallest absolute Gasteiger partial charge is 0.225 e. The Balaban J connectivity index is 1.78. The van der Waals surface area contributed by atoms with Crippen LogP contribution in [-0.4, -0.2) is 59.0 Å². The number of carbonyl (C=O) groups excluding carboxylic acids is 2. The summed E-state index contributed by atoms with van der Waals surface area (Å²) < 4.78 is 0. The Morgan fingerprint density at radius 2 is 2.26 bits per heavy atom. The Labute approximate surface area is 140 Å². The van der Waals surface area contributed by atoms with Crippen molar-refractivity contribution in [3.05, 3.63) is 22.9 Å². The zero-order chi connectivity index (χ0) is 16.4. The molecule has 1 atom stereocenters. The predicted molar refractivity (Wildman–Crippen MR) is 91.2 cm³/mol. The maximum Gasteiger partial charge on any atom is 0.225 e. The Kier molecular flexibility index (Phi) is 4.77. The number of piperidine rings is 1. The largest absolute Gasteiger partial charge is 0.340 e. The summed E-state index contributed by atoms with van der Waals surface area (Å²) >= 11 is 1.00. The SMILES string of the molecule is CN1CCC[C@H](N(C)c2nccc(/C=C3\SC(=O)CC3=O)n2)C1. The van der Waals surface area contributed by atoms with Crippen LogP contribution in [0.3, 0.4) is 0 Å². The predicted octanol–water partition coefficient (Wildman–Crippen LogP) is 1.58. The Morgan fingerprint density at radius 1 is 1.43 bits per heavy atom. The quantitative estimate of drug-likeness (QED) is 0.615. The zero-order valence-corrected chi connectivity index (χ0v) is 14.2. The summed E-state index contributed by atoms with van der Waals surface area (Å²) in [5, 5.41) is -0.0992. The van der Waals surface area contributed by atoms with Crippen LogP contribution in [0.2, 0.25) is 0 Å². The second-order valence-corrected chi connectivity index (χ2v) is 7.13. The highest BCUT2D eigenvalue weighted by molar-refractivity contribution is 8.18. The van der Waals surface area contributed by atoms with E-state index >= 15 is 0 Å². The Hall–Kier alpha value is -1.73. The van der Waals surface area contributed by atoms with E-state index < -0.39 is 0 Å². The number of Topliss-reactive ketones (excluding diaryl/α,β-unsaturated/α-hetero) is 1. The maximum absolute atomic E-state index is 11.7. The van der Waals surface area contributed by atoms with Crippen molar-refractivity contribution < 1.29 is 9.59 Å². The van der Waals surface area contributed by atoms with Gasteiger partial charge in [0.2, 0.25) is 11.1 Å². The monoisotopic (exact) mass is 332 g/mol. The van der Waals surface area contributed by atoms with Crippen molar-refractivity contribution in [3.8, 4) is 0 Å². The summed E-state index contributed by atoms with van der Waals surface area (Å²) in [5.41, 5.74) is 0.663. The molecule has 2 aliphatic rings. The minimum absolute atomic E-state index is 0.0112. The second-order valence-electron chi connectivity index (χ2n) is 6.03. The van der Waals surface area contributed by atoms with Gasteiger partial charge >= 0.3 is 0 Å². The number of hydrogen-bond acceptors (Lipinski definition) is 7. The highest BCUT2D eigenvalue weighted by Gasteiger charge is 2.26. The molecule has 0 unspecified atom stereocenters. The summed E-state index contributed by atoms with van der Waals surface area (Å²) in [6, 6.07) is 2.15. The van der Waals surface area contributed by atoms with Crippen LogP contribution in [0.15, 0.2) is 17.2 Å². The van der Waals surface area contributed by atoms with Gasteiger partial charge < -0.3 is 9.80 Å². The Morgan fingerprint density at radius 3 is 2.96 bits per heavy atom. The first-order valence-corrected chi connectivity index (χ1v) is 8.54. The van der Waals surface area contributed by atoms with Gasteiger partial charge in [0.15, 0.2) is 5.78 Å². The fourth-order valence-electron chi connectivity index (χ4n) is 2.91. The number of nitrogens with zero attached hydrogens (tertiary/aromatic N) is 4. The van der Waals surface area contributed by atoms with Crippen LogP contribution in [-0.2, 0) is 9.59 Å². The average Bonchev–Trinajstić information content (AvgIpc) is 2.84. The number of thioether (sulfide) groups is 1. The molecule has 122 valence electrons. The molecule has 0 radical (unpaired) electrons. The molecule has 2 aliphatic heterocycles. The first-order chi connectivity index (χ1) is 11.0. The number of likely N-dealkylation sites (tertiary alicyclic amines) is 1. The average molecular weight is 332 g/mol. The number of likely N-dealkylation sites (N-methyl/N-ethyl adjacent to an activating group) is 2. The standard InChI is InChI=1S/C16H20N4O2S/c1-19-7-3-4-12(10-19)20(2)16-17-6-5-11(18-16)8-14-13(21)9-15(22)23-14/h5-6,8,12H,3-4,7,9-10H2,1-2H3/b14-8-/t12-/m0/s1. The van der Waals surface area contributed by atoms with Crippen LogP contribution in [0.5, 0.6) is 0 Å². The van der Waals surface area contributed by atoms with Gasteiger partial charge in [-0.1, -0.05) is 0 Å². The molecule has 23 heavy (non-hydrogen) atoms. The van der Waals surface area contributed by atoms with E-state index in [1.807, 2.05) is 7.05 Å². The lowest BCUT2D eigenvalue weighted by Gasteiger charge is -2.35. The Bertz CT molecular complexity index is 661. The highest BCUT2D eigenvalue weighted by Crippen LogP contribution is 2.30. The number of carbonyl (C=O) groups is 2. The minimum Gasteiger partial charge on any atom is -0.340 e. The number of rotatable bonds is 3. The van der Waals surface area contributed by atoms with Gasteiger partial charge in [-0.15, -0.1) is 0 Å². The molecule has 2 fully saturated rings. The topological polar surface area (TPSA) is 66.4 Å². The third kappa shape index (κ3) is 3.79. The van der Waals surface area contributed by atoms with Crippen molar-refractivity contribution >= 4 is 34.7 Å². The number of anilines is 1. The van der Waals surface area contributed by atoms with Gasteiger partial charge in [-0.05, 0) is 50.3 Å². The molecule has 2 saturated heterocycles. The lowest BCUT2D eigenvalue weighted by Crippen LogP contribution is -2.45. The molecule has 1 aromatic rings. The molecule has 3 heterocycles. The fourth-order valence-corrected chi connectivity index (χ4v) is 3.72. The molecular weight excluding hydrogens is 312 g/mol. The van der Waals surface area contributed by atoms with Crippen molar-refractivity contribution in [1.82, 2.24) is 14.9 Å². The van der Waals surface area contributed by atoms with Gasteiger partial charge in [0.25, 0.3) is 0 Å². The van der Waals surface area contributed by atoms with Gasteiger partial charge in [-0.25, -0.2) is 9.97 Å². The molecule has 0 spiro atoms. The first kappa shape index (κ1) is 16.1. The first-order valence-electron chi connectivity index (χ1n) is 7.73. The molecule has 0 saturated carbocycles. The van der Waals surface area contributed by atoms with E-state index in [2.05, 4.69) is 26.8 Å². The van der Waals surface area contributed by atoms with Crippen LogP contribution in [0.1, 0.15) is 25.0 Å². The van der Waals surface area contributed by atoms with Crippen molar-refractivity contribution in [3.63, 3.8) is 0 Å². The normalized spacial score (nSPS) is 24.4. The molecular formula is C16H20N4O2S. The van der Waals surface area contributed by atoms with Crippen molar-refractivity contribution in [2.24, 2.45) is 0 Å². The minimum atomic E-state index is -0.123. The molecule has 0 N–H and O–H groups in total. The van der Waals surface area contributed by atoms with Gasteiger partial charge in [-0.3, -0.25) is 9.59 Å². The van der Waals surface area contributed by atoms with E-state index in [0.717, 1.165) is 31.3 Å².